The van der Waals surface area contributed by atoms with Gasteiger partial charge in [0.05, 0.1) is 18.4 Å². The second-order valence-electron chi connectivity index (χ2n) is 4.38. The molecule has 1 amide bonds. The maximum atomic E-state index is 11.5. The molecule has 0 bridgehead atoms. The van der Waals surface area contributed by atoms with Crippen LogP contribution in [0.15, 0.2) is 28.7 Å². The molecule has 1 aromatic carbocycles. The summed E-state index contributed by atoms with van der Waals surface area (Å²) < 4.78 is 6.38. The predicted octanol–water partition coefficient (Wildman–Crippen LogP) is 1.66. The smallest absolute Gasteiger partial charge is 0.307 e. The van der Waals surface area contributed by atoms with Crippen LogP contribution in [-0.2, 0) is 9.59 Å². The number of benzene rings is 1. The van der Waals surface area contributed by atoms with Crippen molar-refractivity contribution in [3.63, 3.8) is 0 Å². The molecular weight excluding hydrogens is 314 g/mol. The van der Waals surface area contributed by atoms with Crippen molar-refractivity contribution in [2.75, 3.05) is 13.2 Å². The number of halogens is 1. The third kappa shape index (κ3) is 3.96. The van der Waals surface area contributed by atoms with Crippen molar-refractivity contribution in [3.05, 3.63) is 28.7 Å². The minimum Gasteiger partial charge on any atom is -0.492 e. The number of carboxylic acids is 1. The number of rotatable bonds is 6. The van der Waals surface area contributed by atoms with E-state index < -0.39 is 11.9 Å². The lowest BCUT2D eigenvalue weighted by molar-refractivity contribution is -0.140. The summed E-state index contributed by atoms with van der Waals surface area (Å²) >= 11 is 3.34. The van der Waals surface area contributed by atoms with Gasteiger partial charge in [0.25, 0.3) is 0 Å². The van der Waals surface area contributed by atoms with Crippen LogP contribution in [0.2, 0.25) is 0 Å². The summed E-state index contributed by atoms with van der Waals surface area (Å²) in [4.78, 5) is 22.2. The van der Waals surface area contributed by atoms with E-state index in [1.807, 2.05) is 24.3 Å². The highest BCUT2D eigenvalue weighted by Gasteiger charge is 2.48. The minimum atomic E-state index is -0.898. The average Bonchev–Trinajstić information content (AvgIpc) is 3.15. The highest BCUT2D eigenvalue weighted by molar-refractivity contribution is 9.10. The second-order valence-corrected chi connectivity index (χ2v) is 5.30. The zero-order valence-corrected chi connectivity index (χ0v) is 11.7. The zero-order valence-electron chi connectivity index (χ0n) is 10.1. The van der Waals surface area contributed by atoms with Gasteiger partial charge < -0.3 is 15.2 Å². The summed E-state index contributed by atoms with van der Waals surface area (Å²) in [6.45, 7) is 0.723. The van der Waals surface area contributed by atoms with Gasteiger partial charge >= 0.3 is 5.97 Å². The summed E-state index contributed by atoms with van der Waals surface area (Å²) in [6.07, 6.45) is 0.438. The van der Waals surface area contributed by atoms with Crippen LogP contribution in [0.4, 0.5) is 0 Å². The first-order chi connectivity index (χ1) is 9.08. The van der Waals surface area contributed by atoms with E-state index in [0.29, 0.717) is 19.6 Å². The molecule has 102 valence electrons. The van der Waals surface area contributed by atoms with Gasteiger partial charge in [0.15, 0.2) is 0 Å². The van der Waals surface area contributed by atoms with Crippen LogP contribution < -0.4 is 10.1 Å². The van der Waals surface area contributed by atoms with Crippen LogP contribution in [-0.4, -0.2) is 30.1 Å². The van der Waals surface area contributed by atoms with Crippen LogP contribution in [0.5, 0.6) is 5.75 Å². The van der Waals surface area contributed by atoms with Crippen LogP contribution >= 0.6 is 15.9 Å². The van der Waals surface area contributed by atoms with Crippen molar-refractivity contribution >= 4 is 27.8 Å². The van der Waals surface area contributed by atoms with Crippen LogP contribution in [0.1, 0.15) is 6.42 Å². The van der Waals surface area contributed by atoms with Crippen LogP contribution in [0.3, 0.4) is 0 Å². The molecule has 0 aromatic heterocycles. The number of carboxylic acid groups (broad SMARTS) is 1. The van der Waals surface area contributed by atoms with Crippen LogP contribution in [0, 0.1) is 11.8 Å². The number of carbonyl (C=O) groups excluding carboxylic acids is 1. The van der Waals surface area contributed by atoms with E-state index in [1.165, 1.54) is 0 Å². The highest BCUT2D eigenvalue weighted by Crippen LogP contribution is 2.38. The lowest BCUT2D eigenvalue weighted by atomic mass is 10.3. The first kappa shape index (κ1) is 13.9. The molecule has 19 heavy (non-hydrogen) atoms. The van der Waals surface area contributed by atoms with Crippen LogP contribution in [0.25, 0.3) is 0 Å². The maximum Gasteiger partial charge on any atom is 0.307 e. The van der Waals surface area contributed by atoms with E-state index in [4.69, 9.17) is 9.84 Å². The Bertz CT molecular complexity index is 491. The fourth-order valence-electron chi connectivity index (χ4n) is 1.79. The van der Waals surface area contributed by atoms with Gasteiger partial charge in [0.1, 0.15) is 12.4 Å². The van der Waals surface area contributed by atoms with E-state index in [2.05, 4.69) is 21.2 Å². The predicted molar refractivity (Wildman–Crippen MR) is 71.9 cm³/mol. The van der Waals surface area contributed by atoms with E-state index in [0.717, 1.165) is 10.2 Å². The fourth-order valence-corrected chi connectivity index (χ4v) is 2.17. The molecular formula is C13H14BrNO4. The lowest BCUT2D eigenvalue weighted by Crippen LogP contribution is -2.30. The summed E-state index contributed by atoms with van der Waals surface area (Å²) in [5, 5.41) is 11.4. The van der Waals surface area contributed by atoms with Gasteiger partial charge in [-0.25, -0.2) is 0 Å². The summed E-state index contributed by atoms with van der Waals surface area (Å²) in [5.41, 5.74) is 0. The standard InChI is InChI=1S/C13H14BrNO4/c14-8-2-1-3-9(6-8)19-5-4-15-12(16)10-7-11(10)13(17)18/h1-3,6,10-11H,4-5,7H2,(H,15,16)(H,17,18). The molecule has 0 heterocycles. The van der Waals surface area contributed by atoms with E-state index in [9.17, 15) is 9.59 Å². The van der Waals surface area contributed by atoms with Crippen molar-refractivity contribution in [2.24, 2.45) is 11.8 Å². The van der Waals surface area contributed by atoms with Crippen molar-refractivity contribution in [1.29, 1.82) is 0 Å². The van der Waals surface area contributed by atoms with E-state index >= 15 is 0 Å². The number of hydrogen-bond acceptors (Lipinski definition) is 3. The normalized spacial score (nSPS) is 20.7. The lowest BCUT2D eigenvalue weighted by Gasteiger charge is -2.07. The third-order valence-corrected chi connectivity index (χ3v) is 3.40. The Hall–Kier alpha value is -1.56. The monoisotopic (exact) mass is 327 g/mol. The molecule has 2 unspecified atom stereocenters. The number of nitrogens with one attached hydrogen (secondary N) is 1. The number of ether oxygens (including phenoxy) is 1. The Morgan fingerprint density at radius 3 is 2.84 bits per heavy atom. The minimum absolute atomic E-state index is 0.203. The number of aliphatic carboxylic acids is 1. The Morgan fingerprint density at radius 1 is 1.42 bits per heavy atom. The molecule has 1 aliphatic carbocycles. The largest absolute Gasteiger partial charge is 0.492 e. The highest BCUT2D eigenvalue weighted by atomic mass is 79.9. The van der Waals surface area contributed by atoms with Crippen molar-refractivity contribution in [3.8, 4) is 5.75 Å². The molecule has 2 atom stereocenters. The number of carbonyl (C=O) groups is 2. The number of amides is 1. The first-order valence-corrected chi connectivity index (χ1v) is 6.76. The van der Waals surface area contributed by atoms with Gasteiger partial charge in [-0.2, -0.15) is 0 Å². The molecule has 1 saturated carbocycles. The molecule has 0 aliphatic heterocycles. The fraction of sp³-hybridized carbons (Fsp3) is 0.385. The molecule has 1 aromatic rings. The first-order valence-electron chi connectivity index (χ1n) is 5.97. The topological polar surface area (TPSA) is 75.6 Å². The van der Waals surface area contributed by atoms with Crippen molar-refractivity contribution < 1.29 is 19.4 Å². The molecule has 1 aliphatic rings. The molecule has 0 radical (unpaired) electrons. The molecule has 5 nitrogen and oxygen atoms in total. The van der Waals surface area contributed by atoms with Gasteiger partial charge in [-0.05, 0) is 24.6 Å². The summed E-state index contributed by atoms with van der Waals surface area (Å²) in [7, 11) is 0. The Labute approximate surface area is 119 Å². The van der Waals surface area contributed by atoms with Crippen molar-refractivity contribution in [2.45, 2.75) is 6.42 Å². The van der Waals surface area contributed by atoms with Gasteiger partial charge in [0, 0.05) is 4.47 Å². The number of hydrogen-bond donors (Lipinski definition) is 2. The molecule has 0 spiro atoms. The van der Waals surface area contributed by atoms with E-state index in [-0.39, 0.29) is 11.8 Å². The second kappa shape index (κ2) is 6.06. The zero-order chi connectivity index (χ0) is 13.8. The van der Waals surface area contributed by atoms with E-state index in [1.54, 1.807) is 0 Å². The average molecular weight is 328 g/mol. The summed E-state index contributed by atoms with van der Waals surface area (Å²) in [5.74, 6) is -1.26. The molecule has 1 fully saturated rings. The third-order valence-electron chi connectivity index (χ3n) is 2.91. The quantitative estimate of drug-likeness (QED) is 0.779. The molecule has 2 rings (SSSR count). The van der Waals surface area contributed by atoms with Crippen molar-refractivity contribution in [1.82, 2.24) is 5.32 Å². The molecule has 0 saturated heterocycles. The maximum absolute atomic E-state index is 11.5. The molecule has 6 heteroatoms. The Balaban J connectivity index is 1.65. The van der Waals surface area contributed by atoms with Gasteiger partial charge in [-0.15, -0.1) is 0 Å². The Morgan fingerprint density at radius 2 is 2.21 bits per heavy atom. The van der Waals surface area contributed by atoms with Gasteiger partial charge in [-0.1, -0.05) is 22.0 Å². The van der Waals surface area contributed by atoms with Gasteiger partial charge in [0.2, 0.25) is 5.91 Å². The molecule has 2 N–H and O–H groups in total. The summed E-state index contributed by atoms with van der Waals surface area (Å²) in [6, 6.07) is 7.42. The SMILES string of the molecule is O=C(O)C1CC1C(=O)NCCOc1cccc(Br)c1. The Kier molecular flexibility index (Phi) is 4.42. The van der Waals surface area contributed by atoms with Gasteiger partial charge in [-0.3, -0.25) is 9.59 Å².